The number of aliphatic imine (C=N–C) groups is 1. The number of fused-ring (bicyclic) bond motifs is 1. The Morgan fingerprint density at radius 1 is 1.27 bits per heavy atom. The molecule has 1 saturated carbocycles. The Morgan fingerprint density at radius 2 is 2.03 bits per heavy atom. The predicted molar refractivity (Wildman–Crippen MR) is 116 cm³/mol. The standard InChI is InChI=1S/C22H25N3O4S/c1-13-19(21(27)29-3)20(16-6-4-5-7-17(16)28-2)25-15(12-30-22(25)24-13)10-18(26)23-11-14-8-9-14/h4-7,12,14,20H,8-11H2,1-3H3,(H,23,26)/t20-/m0/s1. The van der Waals surface area contributed by atoms with Crippen molar-refractivity contribution < 1.29 is 19.1 Å². The highest BCUT2D eigenvalue weighted by molar-refractivity contribution is 8.16. The molecular weight excluding hydrogens is 402 g/mol. The summed E-state index contributed by atoms with van der Waals surface area (Å²) < 4.78 is 10.7. The van der Waals surface area contributed by atoms with Gasteiger partial charge in [0.05, 0.1) is 38.0 Å². The zero-order valence-electron chi connectivity index (χ0n) is 17.3. The number of nitrogens with one attached hydrogen (secondary N) is 1. The molecule has 8 heteroatoms. The van der Waals surface area contributed by atoms with Gasteiger partial charge in [0.1, 0.15) is 5.75 Å². The van der Waals surface area contributed by atoms with E-state index in [4.69, 9.17) is 9.47 Å². The second kappa shape index (κ2) is 8.55. The molecule has 1 amide bonds. The number of hydrogen-bond donors (Lipinski definition) is 1. The van der Waals surface area contributed by atoms with Gasteiger partial charge < -0.3 is 19.7 Å². The number of thioether (sulfide) groups is 1. The van der Waals surface area contributed by atoms with Crippen molar-refractivity contribution in [3.05, 3.63) is 52.2 Å². The van der Waals surface area contributed by atoms with Crippen molar-refractivity contribution >= 4 is 28.8 Å². The maximum absolute atomic E-state index is 12.7. The molecule has 4 rings (SSSR count). The molecule has 0 spiro atoms. The van der Waals surface area contributed by atoms with Gasteiger partial charge in [-0.1, -0.05) is 30.0 Å². The molecule has 1 N–H and O–H groups in total. The highest BCUT2D eigenvalue weighted by Crippen LogP contribution is 2.46. The van der Waals surface area contributed by atoms with Gasteiger partial charge in [-0.3, -0.25) is 4.79 Å². The van der Waals surface area contributed by atoms with E-state index in [9.17, 15) is 9.59 Å². The first-order chi connectivity index (χ1) is 14.5. The molecule has 2 aliphatic heterocycles. The number of nitrogens with zero attached hydrogens (tertiary/aromatic N) is 2. The number of benzene rings is 1. The van der Waals surface area contributed by atoms with Crippen LogP contribution in [0.2, 0.25) is 0 Å². The van der Waals surface area contributed by atoms with Crippen LogP contribution in [0.15, 0.2) is 51.6 Å². The predicted octanol–water partition coefficient (Wildman–Crippen LogP) is 3.36. The van der Waals surface area contributed by atoms with Crippen molar-refractivity contribution in [1.29, 1.82) is 0 Å². The minimum Gasteiger partial charge on any atom is -0.496 e. The molecule has 1 atom stereocenters. The second-order valence-corrected chi connectivity index (χ2v) is 8.39. The van der Waals surface area contributed by atoms with E-state index in [1.807, 2.05) is 34.6 Å². The fourth-order valence-corrected chi connectivity index (χ4v) is 4.70. The van der Waals surface area contributed by atoms with Crippen LogP contribution >= 0.6 is 11.8 Å². The number of carbonyl (C=O) groups excluding carboxylic acids is 2. The highest BCUT2D eigenvalue weighted by atomic mass is 32.2. The minimum absolute atomic E-state index is 0.0281. The van der Waals surface area contributed by atoms with Crippen LogP contribution in [0.5, 0.6) is 5.75 Å². The quantitative estimate of drug-likeness (QED) is 0.672. The number of amidine groups is 1. The maximum Gasteiger partial charge on any atom is 0.338 e. The monoisotopic (exact) mass is 427 g/mol. The Kier molecular flexibility index (Phi) is 5.85. The third-order valence-corrected chi connectivity index (χ3v) is 6.35. The van der Waals surface area contributed by atoms with Crippen LogP contribution in [-0.4, -0.2) is 42.7 Å². The van der Waals surface area contributed by atoms with E-state index < -0.39 is 12.0 Å². The van der Waals surface area contributed by atoms with Crippen LogP contribution in [0, 0.1) is 5.92 Å². The van der Waals surface area contributed by atoms with E-state index in [-0.39, 0.29) is 12.3 Å². The molecule has 158 valence electrons. The average Bonchev–Trinajstić information content (AvgIpc) is 3.51. The number of esters is 1. The van der Waals surface area contributed by atoms with Crippen LogP contribution in [0.1, 0.15) is 37.8 Å². The van der Waals surface area contributed by atoms with Gasteiger partial charge in [0.2, 0.25) is 5.91 Å². The summed E-state index contributed by atoms with van der Waals surface area (Å²) in [6.45, 7) is 2.53. The summed E-state index contributed by atoms with van der Waals surface area (Å²) >= 11 is 1.46. The van der Waals surface area contributed by atoms with Crippen LogP contribution in [0.25, 0.3) is 0 Å². The molecule has 0 aromatic heterocycles. The van der Waals surface area contributed by atoms with Crippen molar-refractivity contribution in [3.63, 3.8) is 0 Å². The summed E-state index contributed by atoms with van der Waals surface area (Å²) in [6.07, 6.45) is 2.59. The van der Waals surface area contributed by atoms with Gasteiger partial charge in [0.15, 0.2) is 5.17 Å². The number of hydrogen-bond acceptors (Lipinski definition) is 7. The van der Waals surface area contributed by atoms with Crippen molar-refractivity contribution in [2.45, 2.75) is 32.2 Å². The van der Waals surface area contributed by atoms with Gasteiger partial charge in [0.25, 0.3) is 0 Å². The summed E-state index contributed by atoms with van der Waals surface area (Å²) in [4.78, 5) is 31.9. The summed E-state index contributed by atoms with van der Waals surface area (Å²) in [6, 6.07) is 7.09. The number of methoxy groups -OCH3 is 2. The summed E-state index contributed by atoms with van der Waals surface area (Å²) in [5, 5.41) is 5.69. The largest absolute Gasteiger partial charge is 0.496 e. The first kappa shape index (κ1) is 20.5. The van der Waals surface area contributed by atoms with Gasteiger partial charge in [-0.25, -0.2) is 9.79 Å². The summed E-state index contributed by atoms with van der Waals surface area (Å²) in [5.41, 5.74) is 2.66. The Hall–Kier alpha value is -2.74. The molecule has 1 fully saturated rings. The zero-order valence-corrected chi connectivity index (χ0v) is 18.1. The lowest BCUT2D eigenvalue weighted by molar-refractivity contribution is -0.136. The molecule has 1 aromatic rings. The van der Waals surface area contributed by atoms with Crippen LogP contribution in [-0.2, 0) is 14.3 Å². The lowest BCUT2D eigenvalue weighted by Gasteiger charge is -2.36. The molecule has 0 bridgehead atoms. The van der Waals surface area contributed by atoms with Crippen LogP contribution in [0.3, 0.4) is 0 Å². The number of amides is 1. The lowest BCUT2D eigenvalue weighted by atomic mass is 9.93. The summed E-state index contributed by atoms with van der Waals surface area (Å²) in [5.74, 6) is 0.804. The van der Waals surface area contributed by atoms with Crippen LogP contribution < -0.4 is 10.1 Å². The molecule has 0 radical (unpaired) electrons. The Balaban J connectivity index is 1.70. The Labute approximate surface area is 180 Å². The molecular formula is C22H25N3O4S. The van der Waals surface area contributed by atoms with Crippen LogP contribution in [0.4, 0.5) is 0 Å². The third kappa shape index (κ3) is 3.96. The zero-order chi connectivity index (χ0) is 21.3. The highest BCUT2D eigenvalue weighted by Gasteiger charge is 2.42. The van der Waals surface area contributed by atoms with Gasteiger partial charge >= 0.3 is 5.97 Å². The molecule has 30 heavy (non-hydrogen) atoms. The van der Waals surface area contributed by atoms with E-state index in [1.54, 1.807) is 14.0 Å². The first-order valence-electron chi connectivity index (χ1n) is 9.95. The number of allylic oxidation sites excluding steroid dienone is 1. The van der Waals surface area contributed by atoms with Crippen molar-refractivity contribution in [2.24, 2.45) is 10.9 Å². The molecule has 0 unspecified atom stereocenters. The number of rotatable bonds is 7. The fourth-order valence-electron chi connectivity index (χ4n) is 3.73. The van der Waals surface area contributed by atoms with Crippen molar-refractivity contribution in [3.8, 4) is 5.75 Å². The van der Waals surface area contributed by atoms with Crippen molar-refractivity contribution in [2.75, 3.05) is 20.8 Å². The molecule has 1 aromatic carbocycles. The molecule has 2 heterocycles. The van der Waals surface area contributed by atoms with E-state index in [2.05, 4.69) is 10.3 Å². The van der Waals surface area contributed by atoms with Gasteiger partial charge in [0, 0.05) is 17.8 Å². The minimum atomic E-state index is -0.487. The van der Waals surface area contributed by atoms with E-state index >= 15 is 0 Å². The average molecular weight is 428 g/mol. The number of ether oxygens (including phenoxy) is 2. The first-order valence-corrected chi connectivity index (χ1v) is 10.8. The van der Waals surface area contributed by atoms with Gasteiger partial charge in [-0.05, 0) is 37.2 Å². The number of carbonyl (C=O) groups is 2. The van der Waals surface area contributed by atoms with Gasteiger partial charge in [-0.2, -0.15) is 0 Å². The molecule has 0 saturated heterocycles. The molecule has 7 nitrogen and oxygen atoms in total. The smallest absolute Gasteiger partial charge is 0.338 e. The Bertz CT molecular complexity index is 965. The molecule has 3 aliphatic rings. The summed E-state index contributed by atoms with van der Waals surface area (Å²) in [7, 11) is 2.97. The topological polar surface area (TPSA) is 80.2 Å². The second-order valence-electron chi connectivity index (χ2n) is 7.55. The van der Waals surface area contributed by atoms with Crippen molar-refractivity contribution in [1.82, 2.24) is 10.2 Å². The van der Waals surface area contributed by atoms with E-state index in [0.717, 1.165) is 23.0 Å². The fraction of sp³-hybridized carbons (Fsp3) is 0.409. The van der Waals surface area contributed by atoms with E-state index in [0.29, 0.717) is 22.9 Å². The lowest BCUT2D eigenvalue weighted by Crippen LogP contribution is -2.38. The Morgan fingerprint density at radius 3 is 2.73 bits per heavy atom. The SMILES string of the molecule is COC(=O)C1=C(C)N=C2SC=C(CC(=O)NCC3CC3)N2[C@H]1c1ccccc1OC. The maximum atomic E-state index is 12.7. The number of para-hydroxylation sites is 1. The third-order valence-electron chi connectivity index (χ3n) is 5.47. The molecule has 1 aliphatic carbocycles. The normalized spacial score (nSPS) is 20.4. The van der Waals surface area contributed by atoms with Gasteiger partial charge in [-0.15, -0.1) is 0 Å². The van der Waals surface area contributed by atoms with E-state index in [1.165, 1.54) is 31.7 Å².